The molecule has 1 aromatic carbocycles. The summed E-state index contributed by atoms with van der Waals surface area (Å²) in [5, 5.41) is 37.1. The van der Waals surface area contributed by atoms with Crippen molar-refractivity contribution in [2.24, 2.45) is 5.92 Å². The quantitative estimate of drug-likeness (QED) is 0.536. The summed E-state index contributed by atoms with van der Waals surface area (Å²) in [6, 6.07) is 7.59. The van der Waals surface area contributed by atoms with Gasteiger partial charge >= 0.3 is 0 Å². The maximum atomic E-state index is 11.2. The van der Waals surface area contributed by atoms with Gasteiger partial charge in [0.1, 0.15) is 18.1 Å². The van der Waals surface area contributed by atoms with Gasteiger partial charge in [-0.2, -0.15) is 0 Å². The minimum atomic E-state index is -1.01. The standard InChI is InChI=1S/C22H26N4O3/c1-12-14-6-8-26(22(14)25-11-24-12)18-9-16(20(28)21(18)29)19(27)15-4-2-3-13-5-7-23-10-17(13)15/h2-4,6,8,11,16,18-21,23,27-29H,5,7,9-10H2,1H3/t16-,18?,19+,20-,21+/m1/s1. The molecular formula is C22H26N4O3. The second kappa shape index (κ2) is 7.18. The first-order chi connectivity index (χ1) is 14.1. The van der Waals surface area contributed by atoms with Gasteiger partial charge < -0.3 is 25.2 Å². The Morgan fingerprint density at radius 3 is 2.90 bits per heavy atom. The number of benzene rings is 1. The Morgan fingerprint density at radius 1 is 1.17 bits per heavy atom. The first-order valence-corrected chi connectivity index (χ1v) is 10.2. The molecule has 29 heavy (non-hydrogen) atoms. The van der Waals surface area contributed by atoms with Gasteiger partial charge in [-0.1, -0.05) is 18.2 Å². The number of aliphatic hydroxyl groups excluding tert-OH is 3. The van der Waals surface area contributed by atoms with Crippen LogP contribution < -0.4 is 5.32 Å². The highest BCUT2D eigenvalue weighted by Crippen LogP contribution is 2.44. The van der Waals surface area contributed by atoms with Gasteiger partial charge in [0.2, 0.25) is 0 Å². The second-order valence-corrected chi connectivity index (χ2v) is 8.22. The second-order valence-electron chi connectivity index (χ2n) is 8.22. The molecule has 1 aliphatic heterocycles. The average molecular weight is 394 g/mol. The molecule has 2 aliphatic rings. The minimum absolute atomic E-state index is 0.353. The van der Waals surface area contributed by atoms with E-state index in [9.17, 15) is 15.3 Å². The van der Waals surface area contributed by atoms with E-state index in [1.807, 2.05) is 35.9 Å². The molecule has 1 unspecified atom stereocenters. The third kappa shape index (κ3) is 2.97. The Bertz CT molecular complexity index is 1050. The first-order valence-electron chi connectivity index (χ1n) is 10.2. The van der Waals surface area contributed by atoms with Crippen LogP contribution in [0, 0.1) is 12.8 Å². The van der Waals surface area contributed by atoms with Crippen LogP contribution in [0.1, 0.15) is 41.0 Å². The van der Waals surface area contributed by atoms with Crippen LogP contribution in [-0.4, -0.2) is 48.6 Å². The summed E-state index contributed by atoms with van der Waals surface area (Å²) in [5.41, 5.74) is 4.83. The lowest BCUT2D eigenvalue weighted by Crippen LogP contribution is -2.32. The summed E-state index contributed by atoms with van der Waals surface area (Å²) >= 11 is 0. The van der Waals surface area contributed by atoms with Crippen LogP contribution >= 0.6 is 0 Å². The molecule has 0 bridgehead atoms. The van der Waals surface area contributed by atoms with Gasteiger partial charge in [0.15, 0.2) is 0 Å². The maximum Gasteiger partial charge on any atom is 0.143 e. The van der Waals surface area contributed by atoms with Crippen molar-refractivity contribution in [3.8, 4) is 0 Å². The zero-order valence-corrected chi connectivity index (χ0v) is 16.4. The van der Waals surface area contributed by atoms with Crippen molar-refractivity contribution in [2.45, 2.75) is 50.7 Å². The monoisotopic (exact) mass is 394 g/mol. The van der Waals surface area contributed by atoms with Gasteiger partial charge in [-0.25, -0.2) is 9.97 Å². The van der Waals surface area contributed by atoms with Gasteiger partial charge in [0.05, 0.1) is 23.9 Å². The predicted octanol–water partition coefficient (Wildman–Crippen LogP) is 1.40. The van der Waals surface area contributed by atoms with Crippen molar-refractivity contribution in [3.63, 3.8) is 0 Å². The predicted molar refractivity (Wildman–Crippen MR) is 108 cm³/mol. The number of aryl methyl sites for hydroxylation is 1. The summed E-state index contributed by atoms with van der Waals surface area (Å²) < 4.78 is 1.91. The third-order valence-electron chi connectivity index (χ3n) is 6.67. The Labute approximate surface area is 169 Å². The lowest BCUT2D eigenvalue weighted by Gasteiger charge is -2.27. The molecule has 2 aromatic heterocycles. The number of hydrogen-bond donors (Lipinski definition) is 4. The van der Waals surface area contributed by atoms with Crippen molar-refractivity contribution in [1.82, 2.24) is 19.9 Å². The van der Waals surface area contributed by atoms with Crippen LogP contribution in [0.5, 0.6) is 0 Å². The maximum absolute atomic E-state index is 11.2. The Balaban J connectivity index is 1.48. The number of nitrogens with one attached hydrogen (secondary N) is 1. The van der Waals surface area contributed by atoms with Crippen LogP contribution in [0.4, 0.5) is 0 Å². The van der Waals surface area contributed by atoms with Crippen LogP contribution in [0.15, 0.2) is 36.8 Å². The molecule has 0 amide bonds. The fourth-order valence-corrected chi connectivity index (χ4v) is 5.05. The lowest BCUT2D eigenvalue weighted by molar-refractivity contribution is -0.0267. The molecular weight excluding hydrogens is 368 g/mol. The normalized spacial score (nSPS) is 27.9. The number of rotatable bonds is 3. The minimum Gasteiger partial charge on any atom is -0.390 e. The molecule has 7 heteroatoms. The summed E-state index contributed by atoms with van der Waals surface area (Å²) in [6.07, 6.45) is 1.98. The Hall–Kier alpha value is -2.32. The molecule has 3 aromatic rings. The molecule has 0 radical (unpaired) electrons. The molecule has 5 atom stereocenters. The number of fused-ring (bicyclic) bond motifs is 2. The molecule has 1 fully saturated rings. The zero-order valence-electron chi connectivity index (χ0n) is 16.4. The van der Waals surface area contributed by atoms with E-state index < -0.39 is 24.2 Å². The highest BCUT2D eigenvalue weighted by atomic mass is 16.3. The highest BCUT2D eigenvalue weighted by Gasteiger charge is 2.46. The number of hydrogen-bond acceptors (Lipinski definition) is 6. The summed E-state index contributed by atoms with van der Waals surface area (Å²) in [6.45, 7) is 3.57. The summed E-state index contributed by atoms with van der Waals surface area (Å²) in [5.74, 6) is -0.455. The number of nitrogens with zero attached hydrogens (tertiary/aromatic N) is 3. The van der Waals surface area contributed by atoms with Crippen molar-refractivity contribution < 1.29 is 15.3 Å². The molecule has 152 valence electrons. The Morgan fingerprint density at radius 2 is 2.03 bits per heavy atom. The van der Waals surface area contributed by atoms with Crippen molar-refractivity contribution in [1.29, 1.82) is 0 Å². The molecule has 7 nitrogen and oxygen atoms in total. The van der Waals surface area contributed by atoms with Crippen LogP contribution in [0.3, 0.4) is 0 Å². The molecule has 4 N–H and O–H groups in total. The van der Waals surface area contributed by atoms with E-state index in [0.29, 0.717) is 6.42 Å². The molecule has 3 heterocycles. The van der Waals surface area contributed by atoms with Crippen molar-refractivity contribution >= 4 is 11.0 Å². The molecule has 1 saturated carbocycles. The number of aromatic nitrogens is 3. The van der Waals surface area contributed by atoms with E-state index in [2.05, 4.69) is 21.4 Å². The zero-order chi connectivity index (χ0) is 20.1. The molecule has 5 rings (SSSR count). The van der Waals surface area contributed by atoms with E-state index in [4.69, 9.17) is 0 Å². The Kier molecular flexibility index (Phi) is 4.63. The molecule has 1 aliphatic carbocycles. The largest absolute Gasteiger partial charge is 0.390 e. The third-order valence-corrected chi connectivity index (χ3v) is 6.67. The van der Waals surface area contributed by atoms with E-state index in [-0.39, 0.29) is 6.04 Å². The van der Waals surface area contributed by atoms with Gasteiger partial charge in [0.25, 0.3) is 0 Å². The fourth-order valence-electron chi connectivity index (χ4n) is 5.05. The van der Waals surface area contributed by atoms with E-state index in [1.165, 1.54) is 11.9 Å². The van der Waals surface area contributed by atoms with Crippen LogP contribution in [0.25, 0.3) is 11.0 Å². The van der Waals surface area contributed by atoms with E-state index in [1.54, 1.807) is 0 Å². The SMILES string of the molecule is Cc1ncnc2c1ccn2C1C[C@H]([C@@H](O)c2cccc3c2CNCC3)[C@@H](O)[C@H]1O. The van der Waals surface area contributed by atoms with Gasteiger partial charge in [-0.15, -0.1) is 0 Å². The lowest BCUT2D eigenvalue weighted by atomic mass is 9.86. The van der Waals surface area contributed by atoms with E-state index >= 15 is 0 Å². The van der Waals surface area contributed by atoms with Crippen LogP contribution in [-0.2, 0) is 13.0 Å². The van der Waals surface area contributed by atoms with Gasteiger partial charge in [-0.05, 0) is 49.1 Å². The first kappa shape index (κ1) is 18.7. The van der Waals surface area contributed by atoms with Crippen molar-refractivity contribution in [3.05, 3.63) is 59.2 Å². The smallest absolute Gasteiger partial charge is 0.143 e. The van der Waals surface area contributed by atoms with Crippen LogP contribution in [0.2, 0.25) is 0 Å². The number of aliphatic hydroxyl groups is 3. The summed E-state index contributed by atoms with van der Waals surface area (Å²) in [7, 11) is 0. The van der Waals surface area contributed by atoms with Crippen molar-refractivity contribution in [2.75, 3.05) is 6.54 Å². The van der Waals surface area contributed by atoms with Gasteiger partial charge in [0, 0.05) is 24.0 Å². The van der Waals surface area contributed by atoms with Gasteiger partial charge in [-0.3, -0.25) is 0 Å². The molecule has 0 spiro atoms. The highest BCUT2D eigenvalue weighted by molar-refractivity contribution is 5.78. The fraction of sp³-hybridized carbons (Fsp3) is 0.455. The topological polar surface area (TPSA) is 103 Å². The molecule has 0 saturated heterocycles. The summed E-state index contributed by atoms with van der Waals surface area (Å²) in [4.78, 5) is 8.60. The van der Waals surface area contributed by atoms with E-state index in [0.717, 1.165) is 47.4 Å². The average Bonchev–Trinajstić information content (AvgIpc) is 3.29.